The zero-order valence-electron chi connectivity index (χ0n) is 15.1. The Morgan fingerprint density at radius 3 is 2.59 bits per heavy atom. The Hall–Kier alpha value is -2.80. The van der Waals surface area contributed by atoms with Crippen molar-refractivity contribution >= 4 is 27.5 Å². The first-order chi connectivity index (χ1) is 13.0. The summed E-state index contributed by atoms with van der Waals surface area (Å²) in [7, 11) is 1.79. The second kappa shape index (κ2) is 8.26. The number of amides is 1. The molecule has 0 aliphatic rings. The highest BCUT2D eigenvalue weighted by atomic mass is 79.9. The average Bonchev–Trinajstić information content (AvgIpc) is 2.86. The first kappa shape index (κ1) is 19.0. The fourth-order valence-electron chi connectivity index (χ4n) is 2.73. The van der Waals surface area contributed by atoms with Gasteiger partial charge in [-0.25, -0.2) is 4.68 Å². The van der Waals surface area contributed by atoms with E-state index in [9.17, 15) is 9.59 Å². The molecule has 0 fully saturated rings. The molecule has 1 aromatic heterocycles. The van der Waals surface area contributed by atoms with E-state index in [2.05, 4.69) is 21.2 Å². The first-order valence-corrected chi connectivity index (χ1v) is 9.29. The molecule has 0 bridgehead atoms. The van der Waals surface area contributed by atoms with Crippen molar-refractivity contribution < 1.29 is 9.53 Å². The van der Waals surface area contributed by atoms with Crippen LogP contribution < -0.4 is 15.6 Å². The summed E-state index contributed by atoms with van der Waals surface area (Å²) in [5.41, 5.74) is 1.45. The van der Waals surface area contributed by atoms with E-state index in [1.807, 2.05) is 54.6 Å². The molecule has 1 N–H and O–H groups in total. The molecule has 1 amide bonds. The summed E-state index contributed by atoms with van der Waals surface area (Å²) in [6, 6.07) is 16.7. The molecule has 0 spiro atoms. The van der Waals surface area contributed by atoms with Gasteiger partial charge in [-0.05, 0) is 37.3 Å². The second-order valence-electron chi connectivity index (χ2n) is 6.04. The zero-order valence-corrected chi connectivity index (χ0v) is 16.7. The van der Waals surface area contributed by atoms with Crippen molar-refractivity contribution in [3.63, 3.8) is 0 Å². The lowest BCUT2D eigenvalue weighted by atomic mass is 10.3. The molecule has 1 heterocycles. The van der Waals surface area contributed by atoms with E-state index in [-0.39, 0.29) is 30.2 Å². The van der Waals surface area contributed by atoms with Gasteiger partial charge >= 0.3 is 0 Å². The molecule has 0 aliphatic carbocycles. The van der Waals surface area contributed by atoms with Crippen molar-refractivity contribution in [2.75, 3.05) is 11.9 Å². The van der Waals surface area contributed by atoms with Gasteiger partial charge in [0.25, 0.3) is 5.56 Å². The molecule has 0 radical (unpaired) electrons. The molecule has 0 aliphatic heterocycles. The Morgan fingerprint density at radius 1 is 1.15 bits per heavy atom. The number of rotatable bonds is 6. The van der Waals surface area contributed by atoms with E-state index in [0.29, 0.717) is 11.4 Å². The maximum Gasteiger partial charge on any atom is 0.295 e. The molecule has 0 unspecified atom stereocenters. The second-order valence-corrected chi connectivity index (χ2v) is 6.96. The third-order valence-electron chi connectivity index (χ3n) is 4.21. The predicted molar refractivity (Wildman–Crippen MR) is 109 cm³/mol. The number of aromatic nitrogens is 2. The van der Waals surface area contributed by atoms with Gasteiger partial charge in [-0.3, -0.25) is 14.3 Å². The molecule has 6 nitrogen and oxygen atoms in total. The summed E-state index contributed by atoms with van der Waals surface area (Å²) >= 11 is 3.37. The molecule has 2 aromatic carbocycles. The highest BCUT2D eigenvalue weighted by Crippen LogP contribution is 2.18. The average molecular weight is 430 g/mol. The Kier molecular flexibility index (Phi) is 5.81. The van der Waals surface area contributed by atoms with Gasteiger partial charge in [0.1, 0.15) is 11.4 Å². The quantitative estimate of drug-likeness (QED) is 0.650. The smallest absolute Gasteiger partial charge is 0.295 e. The lowest BCUT2D eigenvalue weighted by molar-refractivity contribution is -0.116. The van der Waals surface area contributed by atoms with E-state index < -0.39 is 0 Å². The van der Waals surface area contributed by atoms with Crippen molar-refractivity contribution in [2.45, 2.75) is 13.3 Å². The standard InChI is InChI=1S/C20H20BrN3O3/c1-14-19(20(26)24(23(14)2)16-8-4-3-5-9-16)22-18(25)11-12-27-17-10-6-7-15(21)13-17/h3-10,13H,11-12H2,1-2H3,(H,22,25). The summed E-state index contributed by atoms with van der Waals surface area (Å²) in [6.45, 7) is 2.02. The molecular weight excluding hydrogens is 410 g/mol. The highest BCUT2D eigenvalue weighted by Gasteiger charge is 2.17. The van der Waals surface area contributed by atoms with Crippen LogP contribution in [0.4, 0.5) is 5.69 Å². The molecule has 0 saturated heterocycles. The molecule has 140 valence electrons. The topological polar surface area (TPSA) is 65.3 Å². The first-order valence-electron chi connectivity index (χ1n) is 8.49. The minimum Gasteiger partial charge on any atom is -0.493 e. The van der Waals surface area contributed by atoms with Crippen LogP contribution in [0.3, 0.4) is 0 Å². The van der Waals surface area contributed by atoms with Gasteiger partial charge in [0, 0.05) is 11.5 Å². The van der Waals surface area contributed by atoms with Crippen molar-refractivity contribution in [3.05, 3.63) is 75.1 Å². The molecule has 27 heavy (non-hydrogen) atoms. The van der Waals surface area contributed by atoms with E-state index in [4.69, 9.17) is 4.74 Å². The summed E-state index contributed by atoms with van der Waals surface area (Å²) in [5.74, 6) is 0.413. The van der Waals surface area contributed by atoms with Crippen LogP contribution >= 0.6 is 15.9 Å². The highest BCUT2D eigenvalue weighted by molar-refractivity contribution is 9.10. The van der Waals surface area contributed by atoms with Gasteiger partial charge in [0.05, 0.1) is 24.4 Å². The minimum atomic E-state index is -0.268. The van der Waals surface area contributed by atoms with Crippen LogP contribution in [-0.2, 0) is 11.8 Å². The number of benzene rings is 2. The van der Waals surface area contributed by atoms with E-state index in [0.717, 1.165) is 10.2 Å². The Balaban J connectivity index is 1.68. The number of hydrogen-bond acceptors (Lipinski definition) is 3. The normalized spacial score (nSPS) is 10.6. The molecule has 0 saturated carbocycles. The van der Waals surface area contributed by atoms with Crippen LogP contribution in [-0.4, -0.2) is 21.9 Å². The van der Waals surface area contributed by atoms with Gasteiger partial charge in [-0.1, -0.05) is 40.2 Å². The van der Waals surface area contributed by atoms with Crippen LogP contribution in [0, 0.1) is 6.92 Å². The number of nitrogens with zero attached hydrogens (tertiary/aromatic N) is 2. The van der Waals surface area contributed by atoms with Gasteiger partial charge < -0.3 is 10.1 Å². The third-order valence-corrected chi connectivity index (χ3v) is 4.71. The van der Waals surface area contributed by atoms with E-state index >= 15 is 0 Å². The van der Waals surface area contributed by atoms with Gasteiger partial charge in [-0.15, -0.1) is 0 Å². The Bertz CT molecular complexity index is 1010. The van der Waals surface area contributed by atoms with Crippen molar-refractivity contribution in [3.8, 4) is 11.4 Å². The lowest BCUT2D eigenvalue weighted by Gasteiger charge is -2.07. The van der Waals surface area contributed by atoms with Gasteiger partial charge in [0.15, 0.2) is 0 Å². The zero-order chi connectivity index (χ0) is 19.4. The molecule has 3 aromatic rings. The fourth-order valence-corrected chi connectivity index (χ4v) is 3.11. The summed E-state index contributed by atoms with van der Waals surface area (Å²) in [6.07, 6.45) is 0.144. The third kappa shape index (κ3) is 4.31. The van der Waals surface area contributed by atoms with Gasteiger partial charge in [-0.2, -0.15) is 0 Å². The van der Waals surface area contributed by atoms with Crippen molar-refractivity contribution in [1.29, 1.82) is 0 Å². The number of ether oxygens (including phenoxy) is 1. The van der Waals surface area contributed by atoms with Crippen LogP contribution in [0.1, 0.15) is 12.1 Å². The maximum atomic E-state index is 12.8. The predicted octanol–water partition coefficient (Wildman–Crippen LogP) is 3.65. The summed E-state index contributed by atoms with van der Waals surface area (Å²) < 4.78 is 9.74. The Labute approximate surface area is 165 Å². The summed E-state index contributed by atoms with van der Waals surface area (Å²) in [5, 5.41) is 2.72. The van der Waals surface area contributed by atoms with E-state index in [1.165, 1.54) is 4.68 Å². The lowest BCUT2D eigenvalue weighted by Crippen LogP contribution is -2.23. The van der Waals surface area contributed by atoms with Crippen LogP contribution in [0.25, 0.3) is 5.69 Å². The number of carbonyl (C=O) groups is 1. The molecule has 3 rings (SSSR count). The minimum absolute atomic E-state index is 0.144. The Morgan fingerprint density at radius 2 is 1.89 bits per heavy atom. The maximum absolute atomic E-state index is 12.8. The largest absolute Gasteiger partial charge is 0.493 e. The SMILES string of the molecule is Cc1c(NC(=O)CCOc2cccc(Br)c2)c(=O)n(-c2ccccc2)n1C. The van der Waals surface area contributed by atoms with Crippen molar-refractivity contribution in [1.82, 2.24) is 9.36 Å². The number of hydrogen-bond donors (Lipinski definition) is 1. The number of nitrogens with one attached hydrogen (secondary N) is 1. The van der Waals surface area contributed by atoms with E-state index in [1.54, 1.807) is 18.7 Å². The monoisotopic (exact) mass is 429 g/mol. The molecule has 7 heteroatoms. The van der Waals surface area contributed by atoms with Crippen LogP contribution in [0.15, 0.2) is 63.9 Å². The number of para-hydroxylation sites is 1. The van der Waals surface area contributed by atoms with Crippen LogP contribution in [0.5, 0.6) is 5.75 Å². The molecule has 0 atom stereocenters. The van der Waals surface area contributed by atoms with Crippen LogP contribution in [0.2, 0.25) is 0 Å². The molecular formula is C20H20BrN3O3. The number of halogens is 1. The fraction of sp³-hybridized carbons (Fsp3) is 0.200. The number of carbonyl (C=O) groups excluding carboxylic acids is 1. The number of anilines is 1. The van der Waals surface area contributed by atoms with Crippen molar-refractivity contribution in [2.24, 2.45) is 7.05 Å². The summed E-state index contributed by atoms with van der Waals surface area (Å²) in [4.78, 5) is 25.0. The van der Waals surface area contributed by atoms with Gasteiger partial charge in [0.2, 0.25) is 5.91 Å².